The first kappa shape index (κ1) is 16.0. The molecule has 0 radical (unpaired) electrons. The van der Waals surface area contributed by atoms with Crippen LogP contribution in [0, 0.1) is 0 Å². The molecule has 1 amide bonds. The Balaban J connectivity index is 2.19. The van der Waals surface area contributed by atoms with E-state index in [0.717, 1.165) is 13.0 Å². The van der Waals surface area contributed by atoms with Crippen LogP contribution in [0.5, 0.6) is 5.75 Å². The number of benzene rings is 1. The lowest BCUT2D eigenvalue weighted by Crippen LogP contribution is -2.30. The average molecular weight is 304 g/mol. The van der Waals surface area contributed by atoms with Crippen LogP contribution in [0.3, 0.4) is 0 Å². The van der Waals surface area contributed by atoms with Crippen molar-refractivity contribution in [1.82, 2.24) is 10.2 Å². The van der Waals surface area contributed by atoms with Crippen molar-refractivity contribution in [3.63, 3.8) is 0 Å². The molecule has 0 bridgehead atoms. The van der Waals surface area contributed by atoms with Gasteiger partial charge in [0.25, 0.3) is 5.91 Å². The number of hydrogen-bond donors (Lipinski definition) is 1. The molecule has 1 aromatic heterocycles. The van der Waals surface area contributed by atoms with Gasteiger partial charge in [-0.3, -0.25) is 4.79 Å². The van der Waals surface area contributed by atoms with E-state index in [1.54, 1.807) is 18.2 Å². The third-order valence-corrected chi connectivity index (χ3v) is 3.26. The summed E-state index contributed by atoms with van der Waals surface area (Å²) >= 11 is 0. The number of ether oxygens (including phenoxy) is 1. The maximum Gasteiger partial charge on any atom is 0.349 e. The van der Waals surface area contributed by atoms with Crippen LogP contribution in [0.15, 0.2) is 33.5 Å². The third-order valence-electron chi connectivity index (χ3n) is 3.26. The summed E-state index contributed by atoms with van der Waals surface area (Å²) in [6.07, 6.45) is 0.811. The Morgan fingerprint density at radius 2 is 2.14 bits per heavy atom. The Morgan fingerprint density at radius 3 is 2.82 bits per heavy atom. The van der Waals surface area contributed by atoms with Crippen molar-refractivity contribution in [3.05, 3.63) is 40.2 Å². The Labute approximate surface area is 128 Å². The van der Waals surface area contributed by atoms with E-state index in [9.17, 15) is 9.59 Å². The number of rotatable bonds is 6. The van der Waals surface area contributed by atoms with Gasteiger partial charge in [-0.25, -0.2) is 4.79 Å². The molecule has 0 saturated carbocycles. The molecule has 0 unspecified atom stereocenters. The molecule has 6 nitrogen and oxygen atoms in total. The molecule has 118 valence electrons. The van der Waals surface area contributed by atoms with Gasteiger partial charge in [-0.2, -0.15) is 0 Å². The molecule has 6 heteroatoms. The predicted octanol–water partition coefficient (Wildman–Crippen LogP) is 1.48. The van der Waals surface area contributed by atoms with Gasteiger partial charge in [0.05, 0.1) is 7.11 Å². The van der Waals surface area contributed by atoms with E-state index in [4.69, 9.17) is 9.15 Å². The largest absolute Gasteiger partial charge is 0.493 e. The second-order valence-electron chi connectivity index (χ2n) is 5.24. The minimum Gasteiger partial charge on any atom is -0.493 e. The number of carbonyl (C=O) groups excluding carboxylic acids is 1. The Hall–Kier alpha value is -2.34. The Kier molecular flexibility index (Phi) is 5.16. The monoisotopic (exact) mass is 304 g/mol. The van der Waals surface area contributed by atoms with E-state index < -0.39 is 11.5 Å². The first-order chi connectivity index (χ1) is 10.5. The zero-order valence-electron chi connectivity index (χ0n) is 13.0. The van der Waals surface area contributed by atoms with Crippen LogP contribution >= 0.6 is 0 Å². The molecule has 1 aromatic carbocycles. The maximum atomic E-state index is 12.1. The third kappa shape index (κ3) is 3.65. The maximum absolute atomic E-state index is 12.1. The topological polar surface area (TPSA) is 71.8 Å². The molecule has 22 heavy (non-hydrogen) atoms. The Bertz CT molecular complexity index is 722. The van der Waals surface area contributed by atoms with Gasteiger partial charge >= 0.3 is 5.63 Å². The molecule has 0 atom stereocenters. The molecule has 0 aliphatic heterocycles. The van der Waals surface area contributed by atoms with Gasteiger partial charge in [0.15, 0.2) is 11.3 Å². The molecule has 0 aliphatic rings. The van der Waals surface area contributed by atoms with Gasteiger partial charge in [-0.05, 0) is 39.2 Å². The summed E-state index contributed by atoms with van der Waals surface area (Å²) in [4.78, 5) is 26.1. The molecule has 0 saturated heterocycles. The van der Waals surface area contributed by atoms with Crippen molar-refractivity contribution in [2.75, 3.05) is 34.3 Å². The molecular formula is C16H20N2O4. The minimum absolute atomic E-state index is 0.00519. The first-order valence-corrected chi connectivity index (χ1v) is 7.06. The van der Waals surface area contributed by atoms with Gasteiger partial charge in [-0.15, -0.1) is 0 Å². The van der Waals surface area contributed by atoms with Crippen molar-refractivity contribution in [2.45, 2.75) is 6.42 Å². The van der Waals surface area contributed by atoms with Crippen LogP contribution in [0.2, 0.25) is 0 Å². The first-order valence-electron chi connectivity index (χ1n) is 7.06. The fourth-order valence-corrected chi connectivity index (χ4v) is 2.13. The van der Waals surface area contributed by atoms with Crippen molar-refractivity contribution in [3.8, 4) is 5.75 Å². The number of methoxy groups -OCH3 is 1. The van der Waals surface area contributed by atoms with Crippen LogP contribution in [0.25, 0.3) is 11.0 Å². The van der Waals surface area contributed by atoms with Gasteiger partial charge < -0.3 is 19.4 Å². The highest BCUT2D eigenvalue weighted by Gasteiger charge is 2.15. The van der Waals surface area contributed by atoms with E-state index in [2.05, 4.69) is 5.32 Å². The number of carbonyl (C=O) groups is 1. The smallest absolute Gasteiger partial charge is 0.349 e. The standard InChI is InChI=1S/C16H20N2O4/c1-18(2)9-5-8-17-15(19)12-10-11-6-4-7-13(21-3)14(11)22-16(12)20/h4,6-7,10H,5,8-9H2,1-3H3,(H,17,19). The van der Waals surface area contributed by atoms with Crippen LogP contribution in [0.4, 0.5) is 0 Å². The van der Waals surface area contributed by atoms with Gasteiger partial charge in [-0.1, -0.05) is 12.1 Å². The summed E-state index contributed by atoms with van der Waals surface area (Å²) in [7, 11) is 5.43. The van der Waals surface area contributed by atoms with E-state index in [0.29, 0.717) is 23.3 Å². The second-order valence-corrected chi connectivity index (χ2v) is 5.24. The molecule has 2 aromatic rings. The highest BCUT2D eigenvalue weighted by atomic mass is 16.5. The van der Waals surface area contributed by atoms with Crippen LogP contribution in [0.1, 0.15) is 16.8 Å². The van der Waals surface area contributed by atoms with E-state index in [-0.39, 0.29) is 5.56 Å². The quantitative estimate of drug-likeness (QED) is 0.646. The SMILES string of the molecule is COc1cccc2cc(C(=O)NCCCN(C)C)c(=O)oc12. The highest BCUT2D eigenvalue weighted by Crippen LogP contribution is 2.24. The lowest BCUT2D eigenvalue weighted by Gasteiger charge is -2.10. The summed E-state index contributed by atoms with van der Waals surface area (Å²) in [5.41, 5.74) is -0.313. The summed E-state index contributed by atoms with van der Waals surface area (Å²) in [5.74, 6) is 0.0461. The molecule has 2 rings (SSSR count). The highest BCUT2D eigenvalue weighted by molar-refractivity contribution is 5.97. The fourth-order valence-electron chi connectivity index (χ4n) is 2.13. The number of para-hydroxylation sites is 1. The van der Waals surface area contributed by atoms with E-state index >= 15 is 0 Å². The van der Waals surface area contributed by atoms with Gasteiger partial charge in [0.2, 0.25) is 0 Å². The zero-order chi connectivity index (χ0) is 16.1. The second kappa shape index (κ2) is 7.09. The molecule has 1 N–H and O–H groups in total. The zero-order valence-corrected chi connectivity index (χ0v) is 13.0. The summed E-state index contributed by atoms with van der Waals surface area (Å²) in [6.45, 7) is 1.37. The number of amides is 1. The Morgan fingerprint density at radius 1 is 1.36 bits per heavy atom. The van der Waals surface area contributed by atoms with Crippen LogP contribution in [-0.2, 0) is 0 Å². The molecule has 1 heterocycles. The van der Waals surface area contributed by atoms with Crippen molar-refractivity contribution in [1.29, 1.82) is 0 Å². The number of fused-ring (bicyclic) bond motifs is 1. The molecule has 0 aliphatic carbocycles. The van der Waals surface area contributed by atoms with E-state index in [1.165, 1.54) is 13.2 Å². The van der Waals surface area contributed by atoms with E-state index in [1.807, 2.05) is 19.0 Å². The number of nitrogens with zero attached hydrogens (tertiary/aromatic N) is 1. The lowest BCUT2D eigenvalue weighted by molar-refractivity contribution is 0.0948. The molecule has 0 spiro atoms. The predicted molar refractivity (Wildman–Crippen MR) is 84.5 cm³/mol. The summed E-state index contributed by atoms with van der Waals surface area (Å²) in [6, 6.07) is 6.78. The van der Waals surface area contributed by atoms with Crippen molar-refractivity contribution >= 4 is 16.9 Å². The van der Waals surface area contributed by atoms with Crippen molar-refractivity contribution in [2.24, 2.45) is 0 Å². The minimum atomic E-state index is -0.665. The summed E-state index contributed by atoms with van der Waals surface area (Å²) < 4.78 is 10.4. The normalized spacial score (nSPS) is 10.9. The average Bonchev–Trinajstić information content (AvgIpc) is 2.50. The lowest BCUT2D eigenvalue weighted by atomic mass is 10.1. The van der Waals surface area contributed by atoms with Crippen LogP contribution < -0.4 is 15.7 Å². The summed E-state index contributed by atoms with van der Waals surface area (Å²) in [5, 5.41) is 3.38. The van der Waals surface area contributed by atoms with Gasteiger partial charge in [0.1, 0.15) is 5.56 Å². The van der Waals surface area contributed by atoms with Crippen molar-refractivity contribution < 1.29 is 13.9 Å². The molecular weight excluding hydrogens is 284 g/mol. The number of hydrogen-bond acceptors (Lipinski definition) is 5. The van der Waals surface area contributed by atoms with Gasteiger partial charge in [0, 0.05) is 11.9 Å². The fraction of sp³-hybridized carbons (Fsp3) is 0.375. The number of nitrogens with one attached hydrogen (secondary N) is 1. The van der Waals surface area contributed by atoms with Crippen LogP contribution in [-0.4, -0.2) is 45.1 Å². The molecule has 0 fully saturated rings.